The van der Waals surface area contributed by atoms with Crippen LogP contribution in [0.25, 0.3) is 0 Å². The summed E-state index contributed by atoms with van der Waals surface area (Å²) in [7, 11) is 1.60. The minimum absolute atomic E-state index is 0. The molecule has 0 aliphatic carbocycles. The molecule has 1 aliphatic heterocycles. The molecule has 1 rings (SSSR count). The number of carbonyl (C=O) groups excluding carboxylic acids is 1. The summed E-state index contributed by atoms with van der Waals surface area (Å²) >= 11 is 0. The number of hydrogen-bond acceptors (Lipinski definition) is 4. The van der Waals surface area contributed by atoms with Crippen LogP contribution in [0.4, 0.5) is 0 Å². The smallest absolute Gasteiger partial charge is 0.225 e. The van der Waals surface area contributed by atoms with Crippen molar-refractivity contribution < 1.29 is 9.53 Å². The zero-order valence-corrected chi connectivity index (χ0v) is 13.6. The van der Waals surface area contributed by atoms with Crippen molar-refractivity contribution in [1.82, 2.24) is 9.80 Å². The Labute approximate surface area is 128 Å². The van der Waals surface area contributed by atoms with Crippen LogP contribution < -0.4 is 5.73 Å². The predicted octanol–water partition coefficient (Wildman–Crippen LogP) is 0.746. The van der Waals surface area contributed by atoms with Gasteiger partial charge in [-0.05, 0) is 13.8 Å². The van der Waals surface area contributed by atoms with Gasteiger partial charge >= 0.3 is 0 Å². The largest absolute Gasteiger partial charge is 0.380 e. The zero-order valence-electron chi connectivity index (χ0n) is 12.0. The lowest BCUT2D eigenvalue weighted by Gasteiger charge is -2.37. The number of methoxy groups -OCH3 is 1. The Balaban J connectivity index is 0. The molecule has 5 nitrogen and oxygen atoms in total. The van der Waals surface area contributed by atoms with Gasteiger partial charge in [0.1, 0.15) is 0 Å². The zero-order chi connectivity index (χ0) is 12.8. The highest BCUT2D eigenvalue weighted by atomic mass is 35.5. The summed E-state index contributed by atoms with van der Waals surface area (Å²) in [5, 5.41) is 0. The van der Waals surface area contributed by atoms with E-state index in [1.54, 1.807) is 7.11 Å². The average Bonchev–Trinajstić information content (AvgIpc) is 2.35. The Bertz CT molecular complexity index is 243. The lowest BCUT2D eigenvalue weighted by Crippen LogP contribution is -2.51. The highest BCUT2D eigenvalue weighted by Crippen LogP contribution is 2.08. The van der Waals surface area contributed by atoms with Crippen LogP contribution in [0.5, 0.6) is 0 Å². The summed E-state index contributed by atoms with van der Waals surface area (Å²) in [4.78, 5) is 16.3. The Hall–Kier alpha value is -0.0700. The van der Waals surface area contributed by atoms with E-state index in [1.165, 1.54) is 0 Å². The third-order valence-corrected chi connectivity index (χ3v) is 3.40. The number of halogens is 2. The second kappa shape index (κ2) is 10.7. The summed E-state index contributed by atoms with van der Waals surface area (Å²) in [6, 6.07) is 0.558. The second-order valence-corrected chi connectivity index (χ2v) is 4.81. The van der Waals surface area contributed by atoms with Gasteiger partial charge in [-0.25, -0.2) is 0 Å². The number of amides is 1. The lowest BCUT2D eigenvalue weighted by atomic mass is 10.2. The highest BCUT2D eigenvalue weighted by molar-refractivity contribution is 5.85. The van der Waals surface area contributed by atoms with E-state index in [4.69, 9.17) is 10.5 Å². The number of carbonyl (C=O) groups is 1. The summed E-state index contributed by atoms with van der Waals surface area (Å²) in [6.45, 7) is 8.33. The fourth-order valence-electron chi connectivity index (χ4n) is 2.07. The maximum atomic E-state index is 12.0. The molecule has 0 saturated carbocycles. The molecule has 1 unspecified atom stereocenters. The Kier molecular flexibility index (Phi) is 11.9. The van der Waals surface area contributed by atoms with Crippen molar-refractivity contribution in [3.05, 3.63) is 0 Å². The minimum Gasteiger partial charge on any atom is -0.380 e. The van der Waals surface area contributed by atoms with Crippen LogP contribution in [-0.4, -0.2) is 67.7 Å². The molecular weight excluding hydrogens is 289 g/mol. The Morgan fingerprint density at radius 2 is 1.74 bits per heavy atom. The van der Waals surface area contributed by atoms with Crippen LogP contribution in [0.1, 0.15) is 20.3 Å². The maximum absolute atomic E-state index is 12.0. The number of rotatable bonds is 5. The molecular formula is C12H27Cl2N3O2. The fraction of sp³-hybridized carbons (Fsp3) is 0.917. The van der Waals surface area contributed by atoms with Crippen LogP contribution in [-0.2, 0) is 9.53 Å². The monoisotopic (exact) mass is 315 g/mol. The second-order valence-electron chi connectivity index (χ2n) is 4.81. The van der Waals surface area contributed by atoms with Crippen molar-refractivity contribution in [2.24, 2.45) is 5.73 Å². The number of nitrogens with zero attached hydrogens (tertiary/aromatic N) is 2. The van der Waals surface area contributed by atoms with Gasteiger partial charge in [-0.15, -0.1) is 24.8 Å². The van der Waals surface area contributed by atoms with E-state index in [0.717, 1.165) is 26.2 Å². The van der Waals surface area contributed by atoms with E-state index in [2.05, 4.69) is 18.7 Å². The Morgan fingerprint density at radius 1 is 1.21 bits per heavy atom. The van der Waals surface area contributed by atoms with Gasteiger partial charge in [0.25, 0.3) is 0 Å². The minimum atomic E-state index is -0.148. The van der Waals surface area contributed by atoms with Gasteiger partial charge in [0.15, 0.2) is 0 Å². The van der Waals surface area contributed by atoms with Gasteiger partial charge in [0, 0.05) is 45.9 Å². The fourth-order valence-corrected chi connectivity index (χ4v) is 2.07. The molecule has 1 atom stereocenters. The molecule has 2 N–H and O–H groups in total. The van der Waals surface area contributed by atoms with Gasteiger partial charge in [-0.2, -0.15) is 0 Å². The molecule has 0 aromatic heterocycles. The van der Waals surface area contributed by atoms with Crippen molar-refractivity contribution >= 4 is 30.7 Å². The van der Waals surface area contributed by atoms with Gasteiger partial charge in [0.2, 0.25) is 5.91 Å². The van der Waals surface area contributed by atoms with Gasteiger partial charge in [-0.3, -0.25) is 9.69 Å². The SMILES string of the molecule is COC(CN)CC(=O)N1CCN(C(C)C)CC1.Cl.Cl. The van der Waals surface area contributed by atoms with Crippen LogP contribution in [0, 0.1) is 0 Å². The lowest BCUT2D eigenvalue weighted by molar-refractivity contribution is -0.135. The highest BCUT2D eigenvalue weighted by Gasteiger charge is 2.23. The van der Waals surface area contributed by atoms with E-state index in [-0.39, 0.29) is 36.8 Å². The quantitative estimate of drug-likeness (QED) is 0.813. The predicted molar refractivity (Wildman–Crippen MR) is 82.3 cm³/mol. The van der Waals surface area contributed by atoms with Gasteiger partial charge in [-0.1, -0.05) is 0 Å². The van der Waals surface area contributed by atoms with Crippen LogP contribution >= 0.6 is 24.8 Å². The van der Waals surface area contributed by atoms with E-state index in [1.807, 2.05) is 4.90 Å². The molecule has 116 valence electrons. The summed E-state index contributed by atoms with van der Waals surface area (Å²) in [6.07, 6.45) is 0.250. The van der Waals surface area contributed by atoms with E-state index in [0.29, 0.717) is 19.0 Å². The van der Waals surface area contributed by atoms with Crippen molar-refractivity contribution in [2.45, 2.75) is 32.4 Å². The van der Waals surface area contributed by atoms with E-state index in [9.17, 15) is 4.79 Å². The molecule has 1 amide bonds. The standard InChI is InChI=1S/C12H25N3O2.2ClH/c1-10(2)14-4-6-15(7-5-14)12(16)8-11(9-13)17-3;;/h10-11H,4-9,13H2,1-3H3;2*1H. The first-order valence-electron chi connectivity index (χ1n) is 6.33. The molecule has 0 radical (unpaired) electrons. The van der Waals surface area contributed by atoms with Crippen molar-refractivity contribution in [3.63, 3.8) is 0 Å². The number of nitrogens with two attached hydrogens (primary N) is 1. The molecule has 1 saturated heterocycles. The molecule has 0 aromatic carbocycles. The van der Waals surface area contributed by atoms with Crippen LogP contribution in [0.3, 0.4) is 0 Å². The third kappa shape index (κ3) is 6.77. The van der Waals surface area contributed by atoms with Crippen LogP contribution in [0.15, 0.2) is 0 Å². The van der Waals surface area contributed by atoms with Crippen molar-refractivity contribution in [2.75, 3.05) is 39.8 Å². The van der Waals surface area contributed by atoms with Gasteiger partial charge < -0.3 is 15.4 Å². The first kappa shape index (κ1) is 21.2. The summed E-state index contributed by atoms with van der Waals surface area (Å²) in [5.74, 6) is 0.158. The Morgan fingerprint density at radius 3 is 2.11 bits per heavy atom. The molecule has 7 heteroatoms. The molecule has 0 bridgehead atoms. The number of ether oxygens (including phenoxy) is 1. The average molecular weight is 316 g/mol. The number of hydrogen-bond donors (Lipinski definition) is 1. The molecule has 0 spiro atoms. The first-order valence-corrected chi connectivity index (χ1v) is 6.33. The maximum Gasteiger partial charge on any atom is 0.225 e. The summed E-state index contributed by atoms with van der Waals surface area (Å²) in [5.41, 5.74) is 5.52. The molecule has 19 heavy (non-hydrogen) atoms. The van der Waals surface area contributed by atoms with E-state index >= 15 is 0 Å². The molecule has 1 aliphatic rings. The normalized spacial score (nSPS) is 17.6. The molecule has 1 fully saturated rings. The van der Waals surface area contributed by atoms with Gasteiger partial charge in [0.05, 0.1) is 12.5 Å². The number of piperazine rings is 1. The van der Waals surface area contributed by atoms with Crippen LogP contribution in [0.2, 0.25) is 0 Å². The molecule has 1 heterocycles. The first-order chi connectivity index (χ1) is 8.08. The summed E-state index contributed by atoms with van der Waals surface area (Å²) < 4.78 is 5.14. The topological polar surface area (TPSA) is 58.8 Å². The van der Waals surface area contributed by atoms with E-state index < -0.39 is 0 Å². The third-order valence-electron chi connectivity index (χ3n) is 3.40. The molecule has 0 aromatic rings. The van der Waals surface area contributed by atoms with Crippen molar-refractivity contribution in [1.29, 1.82) is 0 Å². The van der Waals surface area contributed by atoms with Crippen molar-refractivity contribution in [3.8, 4) is 0 Å².